The van der Waals surface area contributed by atoms with Crippen molar-refractivity contribution in [2.24, 2.45) is 0 Å². The second-order valence-corrected chi connectivity index (χ2v) is 2.37. The van der Waals surface area contributed by atoms with Crippen molar-refractivity contribution in [3.63, 3.8) is 0 Å². The molecule has 0 unspecified atom stereocenters. The Bertz CT molecular complexity index is 326. The highest BCUT2D eigenvalue weighted by Gasteiger charge is 2.31. The summed E-state index contributed by atoms with van der Waals surface area (Å²) in [6, 6.07) is 1.73. The maximum Gasteiger partial charge on any atom is 0.569 e. The third-order valence-corrected chi connectivity index (χ3v) is 1.44. The van der Waals surface area contributed by atoms with Gasteiger partial charge in [0.15, 0.2) is 5.82 Å². The zero-order chi connectivity index (χ0) is 10.8. The molecule has 14 heavy (non-hydrogen) atoms. The lowest BCUT2D eigenvalue weighted by Crippen LogP contribution is -2.07. The summed E-state index contributed by atoms with van der Waals surface area (Å²) in [5, 5.41) is 8.14. The molecule has 0 aliphatic heterocycles. The molecule has 1 aromatic rings. The van der Waals surface area contributed by atoms with Crippen LogP contribution in [-0.2, 0) is 6.18 Å². The predicted octanol–water partition coefficient (Wildman–Crippen LogP) is 1.75. The van der Waals surface area contributed by atoms with Crippen molar-refractivity contribution in [3.8, 4) is 5.75 Å². The first-order chi connectivity index (χ1) is 6.45. The fourth-order valence-electron chi connectivity index (χ4n) is 0.830. The average molecular weight is 207 g/mol. The molecule has 0 aliphatic rings. The zero-order valence-electron chi connectivity index (χ0n) is 6.68. The molecule has 0 atom stereocenters. The lowest BCUT2D eigenvalue weighted by molar-refractivity contribution is -0.137. The van der Waals surface area contributed by atoms with Gasteiger partial charge in [-0.1, -0.05) is 0 Å². The van der Waals surface area contributed by atoms with Gasteiger partial charge in [-0.3, -0.25) is 0 Å². The van der Waals surface area contributed by atoms with E-state index in [1.807, 2.05) is 0 Å². The van der Waals surface area contributed by atoms with E-state index in [0.29, 0.717) is 12.1 Å². The van der Waals surface area contributed by atoms with E-state index in [0.717, 1.165) is 6.07 Å². The number of alkyl halides is 3. The van der Waals surface area contributed by atoms with Crippen LogP contribution in [0.5, 0.6) is 5.75 Å². The minimum atomic E-state index is -4.59. The zero-order valence-corrected chi connectivity index (χ0v) is 6.68. The Morgan fingerprint density at radius 1 is 1.29 bits per heavy atom. The van der Waals surface area contributed by atoms with Crippen LogP contribution in [0.25, 0.3) is 0 Å². The number of rotatable bonds is 2. The van der Waals surface area contributed by atoms with E-state index in [1.165, 1.54) is 0 Å². The maximum absolute atomic E-state index is 12.8. The van der Waals surface area contributed by atoms with Crippen LogP contribution in [0.15, 0.2) is 18.2 Å². The summed E-state index contributed by atoms with van der Waals surface area (Å²) in [4.78, 5) is 0. The standard InChI is InChI=1S/C7H4BF4O2/c9-5-3-4(7(10,11)12)1-2-6(5)14-8-13/h1-3,13H. The smallest absolute Gasteiger partial charge is 0.535 e. The number of hydrogen-bond donors (Lipinski definition) is 1. The molecule has 0 aromatic heterocycles. The molecule has 0 spiro atoms. The van der Waals surface area contributed by atoms with Crippen molar-refractivity contribution in [1.29, 1.82) is 0 Å². The van der Waals surface area contributed by atoms with Crippen molar-refractivity contribution in [3.05, 3.63) is 29.6 Å². The van der Waals surface area contributed by atoms with Crippen LogP contribution >= 0.6 is 0 Å². The van der Waals surface area contributed by atoms with Crippen LogP contribution in [0.3, 0.4) is 0 Å². The van der Waals surface area contributed by atoms with Crippen LogP contribution in [-0.4, -0.2) is 12.7 Å². The predicted molar refractivity (Wildman–Crippen MR) is 40.0 cm³/mol. The second-order valence-electron chi connectivity index (χ2n) is 2.37. The summed E-state index contributed by atoms with van der Waals surface area (Å²) in [5.74, 6) is -1.66. The summed E-state index contributed by atoms with van der Waals surface area (Å²) in [6.45, 7) is 0. The lowest BCUT2D eigenvalue weighted by atomic mass is 10.2. The highest BCUT2D eigenvalue weighted by Crippen LogP contribution is 2.31. The normalized spacial score (nSPS) is 11.2. The highest BCUT2D eigenvalue weighted by atomic mass is 19.4. The van der Waals surface area contributed by atoms with E-state index in [1.54, 1.807) is 0 Å². The number of halogens is 4. The molecule has 7 heteroatoms. The minimum absolute atomic E-state index is 0.186. The van der Waals surface area contributed by atoms with E-state index >= 15 is 0 Å². The molecule has 0 fully saturated rings. The first kappa shape index (κ1) is 10.8. The molecule has 1 aromatic carbocycles. The Kier molecular flexibility index (Phi) is 3.00. The van der Waals surface area contributed by atoms with Gasteiger partial charge in [0.2, 0.25) is 0 Å². The lowest BCUT2D eigenvalue weighted by Gasteiger charge is -2.08. The summed E-state index contributed by atoms with van der Waals surface area (Å²) >= 11 is 0. The van der Waals surface area contributed by atoms with Crippen molar-refractivity contribution < 1.29 is 27.2 Å². The van der Waals surface area contributed by atoms with Gasteiger partial charge >= 0.3 is 13.9 Å². The van der Waals surface area contributed by atoms with Gasteiger partial charge in [-0.05, 0) is 18.2 Å². The van der Waals surface area contributed by atoms with Crippen LogP contribution < -0.4 is 4.65 Å². The minimum Gasteiger partial charge on any atom is -0.535 e. The Morgan fingerprint density at radius 2 is 1.93 bits per heavy atom. The Hall–Kier alpha value is -1.24. The maximum atomic E-state index is 12.8. The molecule has 1 N–H and O–H groups in total. The molecule has 0 saturated heterocycles. The average Bonchev–Trinajstić information content (AvgIpc) is 2.07. The van der Waals surface area contributed by atoms with E-state index in [-0.39, 0.29) is 7.69 Å². The number of benzene rings is 1. The van der Waals surface area contributed by atoms with Gasteiger partial charge in [-0.2, -0.15) is 13.2 Å². The molecule has 1 rings (SSSR count). The molecule has 0 bridgehead atoms. The molecular formula is C7H4BF4O2. The number of hydrogen-bond acceptors (Lipinski definition) is 2. The van der Waals surface area contributed by atoms with Crippen molar-refractivity contribution >= 4 is 7.69 Å². The monoisotopic (exact) mass is 207 g/mol. The van der Waals surface area contributed by atoms with Crippen molar-refractivity contribution in [2.75, 3.05) is 0 Å². The Morgan fingerprint density at radius 3 is 2.36 bits per heavy atom. The second kappa shape index (κ2) is 3.87. The largest absolute Gasteiger partial charge is 0.569 e. The Balaban J connectivity index is 3.01. The van der Waals surface area contributed by atoms with Gasteiger partial charge in [0, 0.05) is 0 Å². The van der Waals surface area contributed by atoms with Gasteiger partial charge in [0.1, 0.15) is 5.75 Å². The van der Waals surface area contributed by atoms with Gasteiger partial charge in [-0.25, -0.2) is 4.39 Å². The van der Waals surface area contributed by atoms with Gasteiger partial charge in [0.05, 0.1) is 5.56 Å². The van der Waals surface area contributed by atoms with E-state index in [4.69, 9.17) is 5.02 Å². The summed E-state index contributed by atoms with van der Waals surface area (Å²) in [6.07, 6.45) is -4.59. The van der Waals surface area contributed by atoms with Crippen molar-refractivity contribution in [1.82, 2.24) is 0 Å². The van der Waals surface area contributed by atoms with Crippen LogP contribution in [0.4, 0.5) is 17.6 Å². The summed E-state index contributed by atoms with van der Waals surface area (Å²) in [7, 11) is 0.186. The summed E-state index contributed by atoms with van der Waals surface area (Å²) in [5.41, 5.74) is -1.11. The summed E-state index contributed by atoms with van der Waals surface area (Å²) < 4.78 is 53.1. The van der Waals surface area contributed by atoms with Crippen LogP contribution in [0.2, 0.25) is 0 Å². The van der Waals surface area contributed by atoms with Crippen molar-refractivity contribution in [2.45, 2.75) is 6.18 Å². The fraction of sp³-hybridized carbons (Fsp3) is 0.143. The first-order valence-corrected chi connectivity index (χ1v) is 3.44. The topological polar surface area (TPSA) is 29.5 Å². The molecule has 75 valence electrons. The third-order valence-electron chi connectivity index (χ3n) is 1.44. The van der Waals surface area contributed by atoms with Gasteiger partial charge < -0.3 is 9.68 Å². The molecule has 0 saturated carbocycles. The molecule has 1 radical (unpaired) electrons. The Labute approximate surface area is 77.4 Å². The first-order valence-electron chi connectivity index (χ1n) is 3.44. The molecule has 2 nitrogen and oxygen atoms in total. The highest BCUT2D eigenvalue weighted by molar-refractivity contribution is 6.17. The molecular weight excluding hydrogens is 203 g/mol. The SMILES string of the molecule is O[B]Oc1ccc(C(F)(F)F)cc1F. The van der Waals surface area contributed by atoms with Crippen LogP contribution in [0, 0.1) is 5.82 Å². The van der Waals surface area contributed by atoms with Gasteiger partial charge in [0.25, 0.3) is 0 Å². The molecule has 0 amide bonds. The van der Waals surface area contributed by atoms with Crippen LogP contribution in [0.1, 0.15) is 5.56 Å². The fourth-order valence-corrected chi connectivity index (χ4v) is 0.830. The van der Waals surface area contributed by atoms with E-state index in [9.17, 15) is 17.6 Å². The van der Waals surface area contributed by atoms with E-state index < -0.39 is 23.3 Å². The quantitative estimate of drug-likeness (QED) is 0.591. The third kappa shape index (κ3) is 2.38. The van der Waals surface area contributed by atoms with E-state index in [2.05, 4.69) is 4.65 Å². The molecule has 0 heterocycles. The van der Waals surface area contributed by atoms with Gasteiger partial charge in [-0.15, -0.1) is 0 Å². The molecule has 0 aliphatic carbocycles.